The summed E-state index contributed by atoms with van der Waals surface area (Å²) in [5, 5.41) is 0. The van der Waals surface area contributed by atoms with Crippen molar-refractivity contribution in [3.63, 3.8) is 0 Å². The molecule has 0 bridgehead atoms. The largest absolute Gasteiger partial charge is 0.495 e. The molecule has 1 aliphatic rings. The van der Waals surface area contributed by atoms with Gasteiger partial charge >= 0.3 is 0 Å². The van der Waals surface area contributed by atoms with E-state index >= 15 is 0 Å². The van der Waals surface area contributed by atoms with E-state index in [1.165, 1.54) is 11.4 Å². The topological polar surface area (TPSA) is 72.6 Å². The lowest BCUT2D eigenvalue weighted by molar-refractivity contribution is 0.386. The van der Waals surface area contributed by atoms with Crippen LogP contribution in [-0.4, -0.2) is 39.0 Å². The minimum Gasteiger partial charge on any atom is -0.495 e. The third-order valence-electron chi connectivity index (χ3n) is 3.58. The van der Waals surface area contributed by atoms with Crippen molar-refractivity contribution in [1.29, 1.82) is 0 Å². The number of nitrogens with zero attached hydrogens (tertiary/aromatic N) is 1. The molecule has 21 heavy (non-hydrogen) atoms. The van der Waals surface area contributed by atoms with Gasteiger partial charge < -0.3 is 10.5 Å². The number of hydrogen-bond acceptors (Lipinski definition) is 4. The molecule has 5 nitrogen and oxygen atoms in total. The van der Waals surface area contributed by atoms with Gasteiger partial charge in [0.1, 0.15) is 10.6 Å². The smallest absolute Gasteiger partial charge is 0.247 e. The number of rotatable bonds is 3. The van der Waals surface area contributed by atoms with Gasteiger partial charge in [-0.3, -0.25) is 0 Å². The molecule has 1 unspecified atom stereocenters. The van der Waals surface area contributed by atoms with E-state index in [2.05, 4.69) is 11.8 Å². The monoisotopic (exact) mass is 308 g/mol. The van der Waals surface area contributed by atoms with E-state index in [-0.39, 0.29) is 17.5 Å². The Balaban J connectivity index is 2.49. The first-order chi connectivity index (χ1) is 10.0. The molecule has 1 heterocycles. The first-order valence-corrected chi connectivity index (χ1v) is 8.33. The van der Waals surface area contributed by atoms with Gasteiger partial charge in [-0.25, -0.2) is 8.42 Å². The van der Waals surface area contributed by atoms with Crippen molar-refractivity contribution in [2.24, 2.45) is 5.73 Å². The highest BCUT2D eigenvalue weighted by atomic mass is 32.2. The molecule has 0 aromatic heterocycles. The quantitative estimate of drug-likeness (QED) is 0.851. The third kappa shape index (κ3) is 3.21. The van der Waals surface area contributed by atoms with Gasteiger partial charge in [0.15, 0.2) is 0 Å². The zero-order valence-electron chi connectivity index (χ0n) is 12.3. The molecule has 1 aromatic rings. The average Bonchev–Trinajstić information content (AvgIpc) is 2.91. The standard InChI is InChI=1S/C15H20N2O3S/c1-12-5-4-10-17(12)21(18,19)15-11-13(6-3-9-16)7-8-14(15)20-2/h7-8,11-12H,4-5,9-10,16H2,1-2H3. The first-order valence-electron chi connectivity index (χ1n) is 6.89. The summed E-state index contributed by atoms with van der Waals surface area (Å²) in [4.78, 5) is 0.169. The Labute approximate surface area is 126 Å². The van der Waals surface area contributed by atoms with Crippen LogP contribution in [0.15, 0.2) is 23.1 Å². The van der Waals surface area contributed by atoms with Gasteiger partial charge in [-0.05, 0) is 38.0 Å². The molecule has 0 saturated carbocycles. The fourth-order valence-corrected chi connectivity index (χ4v) is 4.38. The van der Waals surface area contributed by atoms with E-state index in [1.807, 2.05) is 6.92 Å². The highest BCUT2D eigenvalue weighted by Gasteiger charge is 2.34. The van der Waals surface area contributed by atoms with Crippen molar-refractivity contribution in [3.8, 4) is 17.6 Å². The van der Waals surface area contributed by atoms with Crippen LogP contribution in [0.3, 0.4) is 0 Å². The molecule has 2 N–H and O–H groups in total. The number of nitrogens with two attached hydrogens (primary N) is 1. The molecule has 0 radical (unpaired) electrons. The fourth-order valence-electron chi connectivity index (χ4n) is 2.50. The van der Waals surface area contributed by atoms with E-state index in [4.69, 9.17) is 10.5 Å². The summed E-state index contributed by atoms with van der Waals surface area (Å²) in [5.74, 6) is 5.92. The lowest BCUT2D eigenvalue weighted by Gasteiger charge is -2.22. The Kier molecular flexibility index (Phi) is 4.88. The molecular formula is C15H20N2O3S. The number of methoxy groups -OCH3 is 1. The van der Waals surface area contributed by atoms with Gasteiger partial charge in [-0.15, -0.1) is 0 Å². The zero-order chi connectivity index (χ0) is 15.5. The number of ether oxygens (including phenoxy) is 1. The van der Waals surface area contributed by atoms with Crippen LogP contribution < -0.4 is 10.5 Å². The summed E-state index contributed by atoms with van der Waals surface area (Å²) in [6, 6.07) is 4.93. The van der Waals surface area contributed by atoms with Gasteiger partial charge in [0.2, 0.25) is 10.0 Å². The minimum atomic E-state index is -3.57. The van der Waals surface area contributed by atoms with Crippen LogP contribution in [0.4, 0.5) is 0 Å². The van der Waals surface area contributed by atoms with E-state index in [1.54, 1.807) is 18.2 Å². The Bertz CT molecular complexity index is 674. The van der Waals surface area contributed by atoms with E-state index in [0.29, 0.717) is 17.9 Å². The van der Waals surface area contributed by atoms with Gasteiger partial charge in [0.05, 0.1) is 13.7 Å². The molecule has 1 atom stereocenters. The Morgan fingerprint density at radius 2 is 2.24 bits per heavy atom. The second-order valence-electron chi connectivity index (χ2n) is 4.98. The van der Waals surface area contributed by atoms with Crippen molar-refractivity contribution in [2.45, 2.75) is 30.7 Å². The number of benzene rings is 1. The Morgan fingerprint density at radius 1 is 1.48 bits per heavy atom. The molecule has 1 aromatic carbocycles. The van der Waals surface area contributed by atoms with Crippen LogP contribution in [0.5, 0.6) is 5.75 Å². The molecule has 0 amide bonds. The maximum Gasteiger partial charge on any atom is 0.247 e. The minimum absolute atomic E-state index is 0.0125. The molecule has 1 fully saturated rings. The molecule has 2 rings (SSSR count). The van der Waals surface area contributed by atoms with Crippen LogP contribution in [-0.2, 0) is 10.0 Å². The second-order valence-corrected chi connectivity index (χ2v) is 6.84. The molecule has 0 aliphatic carbocycles. The summed E-state index contributed by atoms with van der Waals surface area (Å²) < 4.78 is 32.4. The van der Waals surface area contributed by atoms with E-state index in [0.717, 1.165) is 12.8 Å². The van der Waals surface area contributed by atoms with Crippen LogP contribution in [0, 0.1) is 11.8 Å². The highest BCUT2D eigenvalue weighted by Crippen LogP contribution is 2.31. The summed E-state index contributed by atoms with van der Waals surface area (Å²) in [5.41, 5.74) is 5.97. The predicted octanol–water partition coefficient (Wildman–Crippen LogP) is 1.18. The third-order valence-corrected chi connectivity index (χ3v) is 5.61. The Morgan fingerprint density at radius 3 is 2.81 bits per heavy atom. The Hall–Kier alpha value is -1.55. The normalized spacial score (nSPS) is 19.1. The molecule has 6 heteroatoms. The highest BCUT2D eigenvalue weighted by molar-refractivity contribution is 7.89. The van der Waals surface area contributed by atoms with Crippen molar-refractivity contribution in [3.05, 3.63) is 23.8 Å². The van der Waals surface area contributed by atoms with Gasteiger partial charge in [0, 0.05) is 18.2 Å². The first kappa shape index (κ1) is 15.8. The predicted molar refractivity (Wildman–Crippen MR) is 81.5 cm³/mol. The van der Waals surface area contributed by atoms with E-state index < -0.39 is 10.0 Å². The van der Waals surface area contributed by atoms with Crippen molar-refractivity contribution < 1.29 is 13.2 Å². The van der Waals surface area contributed by atoms with Crippen LogP contribution in [0.25, 0.3) is 0 Å². The number of sulfonamides is 1. The number of hydrogen-bond donors (Lipinski definition) is 1. The summed E-state index contributed by atoms with van der Waals surface area (Å²) >= 11 is 0. The molecule has 114 valence electrons. The fraction of sp³-hybridized carbons (Fsp3) is 0.467. The molecular weight excluding hydrogens is 288 g/mol. The lowest BCUT2D eigenvalue weighted by Crippen LogP contribution is -2.33. The van der Waals surface area contributed by atoms with Crippen LogP contribution in [0.2, 0.25) is 0 Å². The van der Waals surface area contributed by atoms with Crippen molar-refractivity contribution in [2.75, 3.05) is 20.2 Å². The SMILES string of the molecule is COc1ccc(C#CCN)cc1S(=O)(=O)N1CCCC1C. The molecule has 0 spiro atoms. The van der Waals surface area contributed by atoms with Crippen molar-refractivity contribution in [1.82, 2.24) is 4.31 Å². The van der Waals surface area contributed by atoms with Crippen LogP contribution in [0.1, 0.15) is 25.3 Å². The van der Waals surface area contributed by atoms with E-state index in [9.17, 15) is 8.42 Å². The maximum absolute atomic E-state index is 12.8. The van der Waals surface area contributed by atoms with Gasteiger partial charge in [0.25, 0.3) is 0 Å². The van der Waals surface area contributed by atoms with Crippen LogP contribution >= 0.6 is 0 Å². The summed E-state index contributed by atoms with van der Waals surface area (Å²) in [7, 11) is -2.10. The lowest BCUT2D eigenvalue weighted by atomic mass is 10.2. The zero-order valence-corrected chi connectivity index (χ0v) is 13.1. The molecule has 1 aliphatic heterocycles. The van der Waals surface area contributed by atoms with Crippen molar-refractivity contribution >= 4 is 10.0 Å². The molecule has 1 saturated heterocycles. The summed E-state index contributed by atoms with van der Waals surface area (Å²) in [6.45, 7) is 2.71. The maximum atomic E-state index is 12.8. The van der Waals surface area contributed by atoms with Gasteiger partial charge in [-0.1, -0.05) is 11.8 Å². The average molecular weight is 308 g/mol. The second kappa shape index (κ2) is 6.48. The summed E-state index contributed by atoms with van der Waals surface area (Å²) in [6.07, 6.45) is 1.77. The van der Waals surface area contributed by atoms with Gasteiger partial charge in [-0.2, -0.15) is 4.31 Å².